The zero-order valence-corrected chi connectivity index (χ0v) is 17.2. The van der Waals surface area contributed by atoms with E-state index in [1.807, 2.05) is 69.4 Å². The van der Waals surface area contributed by atoms with E-state index < -0.39 is 0 Å². The Labute approximate surface area is 172 Å². The summed E-state index contributed by atoms with van der Waals surface area (Å²) < 4.78 is 6.13. The number of hydrogen-bond acceptors (Lipinski definition) is 5. The van der Waals surface area contributed by atoms with Crippen LogP contribution in [0.1, 0.15) is 35.3 Å². The molecule has 1 amide bonds. The highest BCUT2D eigenvalue weighted by Gasteiger charge is 2.33. The molecule has 0 fully saturated rings. The quantitative estimate of drug-likeness (QED) is 0.787. The molecule has 0 spiro atoms. The smallest absolute Gasteiger partial charge is 0.259 e. The van der Waals surface area contributed by atoms with E-state index in [4.69, 9.17) is 4.74 Å². The normalized spacial score (nSPS) is 20.7. The van der Waals surface area contributed by atoms with Crippen LogP contribution >= 0.6 is 0 Å². The van der Waals surface area contributed by atoms with Gasteiger partial charge in [0.1, 0.15) is 11.7 Å². The Morgan fingerprint density at radius 3 is 2.72 bits per heavy atom. The number of hydrogen-bond donors (Lipinski definition) is 2. The van der Waals surface area contributed by atoms with Crippen LogP contribution in [0.3, 0.4) is 0 Å². The Morgan fingerprint density at radius 1 is 1.31 bits per heavy atom. The van der Waals surface area contributed by atoms with E-state index in [-0.39, 0.29) is 30.6 Å². The van der Waals surface area contributed by atoms with Crippen molar-refractivity contribution in [3.05, 3.63) is 59.3 Å². The second-order valence-corrected chi connectivity index (χ2v) is 7.55. The van der Waals surface area contributed by atoms with Crippen LogP contribution in [-0.2, 0) is 0 Å². The molecular weight excluding hydrogens is 366 g/mol. The maximum Gasteiger partial charge on any atom is 0.259 e. The number of carbonyl (C=O) groups is 1. The number of benzene rings is 1. The first-order valence-corrected chi connectivity index (χ1v) is 9.99. The Kier molecular flexibility index (Phi) is 7.01. The van der Waals surface area contributed by atoms with Gasteiger partial charge in [-0.05, 0) is 31.2 Å². The third-order valence-corrected chi connectivity index (χ3v) is 5.22. The van der Waals surface area contributed by atoms with E-state index >= 15 is 0 Å². The first-order chi connectivity index (χ1) is 14.0. The van der Waals surface area contributed by atoms with Crippen molar-refractivity contribution in [3.8, 4) is 5.88 Å². The molecule has 0 radical (unpaired) electrons. The molecule has 0 bridgehead atoms. The summed E-state index contributed by atoms with van der Waals surface area (Å²) >= 11 is 0. The molecule has 2 heterocycles. The predicted octanol–water partition coefficient (Wildman–Crippen LogP) is 2.69. The lowest BCUT2D eigenvalue weighted by Crippen LogP contribution is -2.49. The van der Waals surface area contributed by atoms with Crippen molar-refractivity contribution in [3.63, 3.8) is 0 Å². The number of carbonyl (C=O) groups excluding carboxylic acids is 1. The third kappa shape index (κ3) is 5.02. The number of aliphatic hydroxyl groups is 1. The molecule has 154 valence electrons. The highest BCUT2D eigenvalue weighted by Crippen LogP contribution is 2.27. The molecule has 1 aromatic carbocycles. The van der Waals surface area contributed by atoms with Crippen LogP contribution in [-0.4, -0.2) is 59.8 Å². The monoisotopic (exact) mass is 395 g/mol. The molecular formula is C23H29N3O3. The van der Waals surface area contributed by atoms with Crippen molar-refractivity contribution in [2.75, 3.05) is 26.7 Å². The number of aromatic nitrogens is 1. The summed E-state index contributed by atoms with van der Waals surface area (Å²) in [6, 6.07) is 11.5. The number of likely N-dealkylation sites (N-methyl/N-ethyl adjacent to an activating group) is 1. The van der Waals surface area contributed by atoms with Gasteiger partial charge in [0.2, 0.25) is 5.88 Å². The van der Waals surface area contributed by atoms with Crippen LogP contribution in [0, 0.1) is 5.92 Å². The Balaban J connectivity index is 1.97. The fraction of sp³-hybridized carbons (Fsp3) is 0.391. The van der Waals surface area contributed by atoms with Crippen molar-refractivity contribution in [1.29, 1.82) is 0 Å². The van der Waals surface area contributed by atoms with Crippen molar-refractivity contribution >= 4 is 18.1 Å². The van der Waals surface area contributed by atoms with E-state index in [2.05, 4.69) is 10.3 Å². The Bertz CT molecular complexity index is 854. The van der Waals surface area contributed by atoms with Crippen molar-refractivity contribution in [1.82, 2.24) is 15.2 Å². The van der Waals surface area contributed by atoms with Gasteiger partial charge in [-0.25, -0.2) is 4.98 Å². The zero-order chi connectivity index (χ0) is 20.8. The Hall–Kier alpha value is -2.70. The first-order valence-electron chi connectivity index (χ1n) is 9.99. The van der Waals surface area contributed by atoms with E-state index in [9.17, 15) is 9.90 Å². The van der Waals surface area contributed by atoms with Gasteiger partial charge < -0.3 is 20.1 Å². The van der Waals surface area contributed by atoms with Crippen LogP contribution in [0.25, 0.3) is 12.2 Å². The van der Waals surface area contributed by atoms with E-state index in [0.29, 0.717) is 24.5 Å². The van der Waals surface area contributed by atoms with Crippen LogP contribution in [0.5, 0.6) is 5.88 Å². The van der Waals surface area contributed by atoms with Gasteiger partial charge >= 0.3 is 0 Å². The molecule has 6 nitrogen and oxygen atoms in total. The highest BCUT2D eigenvalue weighted by atomic mass is 16.5. The lowest BCUT2D eigenvalue weighted by Gasteiger charge is -2.36. The van der Waals surface area contributed by atoms with Crippen molar-refractivity contribution in [2.24, 2.45) is 5.92 Å². The maximum atomic E-state index is 13.3. The number of fused-ring (bicyclic) bond motifs is 1. The molecule has 0 aliphatic carbocycles. The predicted molar refractivity (Wildman–Crippen MR) is 115 cm³/mol. The molecule has 1 aliphatic heterocycles. The van der Waals surface area contributed by atoms with Gasteiger partial charge in [-0.2, -0.15) is 0 Å². The van der Waals surface area contributed by atoms with Gasteiger partial charge in [0, 0.05) is 25.2 Å². The number of amides is 1. The summed E-state index contributed by atoms with van der Waals surface area (Å²) in [7, 11) is 1.87. The fourth-order valence-corrected chi connectivity index (χ4v) is 3.41. The number of nitrogens with one attached hydrogen (secondary N) is 1. The summed E-state index contributed by atoms with van der Waals surface area (Å²) in [6.45, 7) is 4.97. The number of pyridine rings is 1. The second kappa shape index (κ2) is 9.67. The molecule has 6 heteroatoms. The topological polar surface area (TPSA) is 74.7 Å². The molecule has 29 heavy (non-hydrogen) atoms. The molecule has 1 aliphatic rings. The molecule has 0 saturated heterocycles. The number of rotatable bonds is 6. The zero-order valence-electron chi connectivity index (χ0n) is 17.2. The summed E-state index contributed by atoms with van der Waals surface area (Å²) in [5, 5.41) is 12.8. The van der Waals surface area contributed by atoms with Gasteiger partial charge in [-0.15, -0.1) is 0 Å². The maximum absolute atomic E-state index is 13.3. The molecule has 0 unspecified atom stereocenters. The van der Waals surface area contributed by atoms with Gasteiger partial charge in [-0.1, -0.05) is 49.4 Å². The van der Waals surface area contributed by atoms with E-state index in [1.54, 1.807) is 11.1 Å². The van der Waals surface area contributed by atoms with E-state index in [0.717, 1.165) is 11.1 Å². The Morgan fingerprint density at radius 2 is 2.03 bits per heavy atom. The van der Waals surface area contributed by atoms with Crippen LogP contribution in [0.15, 0.2) is 42.6 Å². The molecule has 2 aromatic rings. The number of nitrogens with zero attached hydrogens (tertiary/aromatic N) is 2. The van der Waals surface area contributed by atoms with Crippen molar-refractivity contribution in [2.45, 2.75) is 26.0 Å². The summed E-state index contributed by atoms with van der Waals surface area (Å²) in [5.41, 5.74) is 2.31. The minimum atomic E-state index is -0.283. The summed E-state index contributed by atoms with van der Waals surface area (Å²) in [4.78, 5) is 19.5. The van der Waals surface area contributed by atoms with Crippen molar-refractivity contribution < 1.29 is 14.6 Å². The van der Waals surface area contributed by atoms with Gasteiger partial charge in [0.05, 0.1) is 12.6 Å². The molecule has 0 saturated carbocycles. The van der Waals surface area contributed by atoms with E-state index in [1.165, 1.54) is 0 Å². The lowest BCUT2D eigenvalue weighted by atomic mass is 10.00. The van der Waals surface area contributed by atoms with Crippen LogP contribution < -0.4 is 10.1 Å². The first kappa shape index (κ1) is 21.0. The molecule has 3 atom stereocenters. The van der Waals surface area contributed by atoms with Crippen LogP contribution in [0.2, 0.25) is 0 Å². The average Bonchev–Trinajstić information content (AvgIpc) is 2.75. The minimum Gasteiger partial charge on any atom is -0.472 e. The summed E-state index contributed by atoms with van der Waals surface area (Å²) in [5.74, 6) is 0.264. The SMILES string of the molecule is CNC[C@@H]1Oc2ncc(C=Cc3ccccc3)cc2C(=O)N([C@H](C)CO)C[C@@H]1C. The fourth-order valence-electron chi connectivity index (χ4n) is 3.41. The van der Waals surface area contributed by atoms with Gasteiger partial charge in [-0.3, -0.25) is 4.79 Å². The average molecular weight is 396 g/mol. The molecule has 2 N–H and O–H groups in total. The largest absolute Gasteiger partial charge is 0.472 e. The highest BCUT2D eigenvalue weighted by molar-refractivity contribution is 5.97. The second-order valence-electron chi connectivity index (χ2n) is 7.55. The molecule has 3 rings (SSSR count). The standard InChI is InChI=1S/C23H29N3O3/c1-16-14-26(17(2)15-27)23(28)20-11-19(10-9-18-7-5-4-6-8-18)12-25-22(20)29-21(16)13-24-3/h4-12,16-17,21,24,27H,13-15H2,1-3H3/t16-,17+,21-/m0/s1. The number of ether oxygens (including phenoxy) is 1. The minimum absolute atomic E-state index is 0.0907. The number of aliphatic hydroxyl groups excluding tert-OH is 1. The lowest BCUT2D eigenvalue weighted by molar-refractivity contribution is 0.0404. The summed E-state index contributed by atoms with van der Waals surface area (Å²) in [6.07, 6.45) is 5.51. The van der Waals surface area contributed by atoms with Crippen LogP contribution in [0.4, 0.5) is 0 Å². The molecule has 1 aromatic heterocycles. The van der Waals surface area contributed by atoms with Gasteiger partial charge in [0.25, 0.3) is 5.91 Å². The third-order valence-electron chi connectivity index (χ3n) is 5.22. The van der Waals surface area contributed by atoms with Gasteiger partial charge in [0.15, 0.2) is 0 Å².